The van der Waals surface area contributed by atoms with Crippen LogP contribution in [-0.2, 0) is 0 Å². The topological polar surface area (TPSA) is 0 Å². The van der Waals surface area contributed by atoms with Gasteiger partial charge in [0.15, 0.2) is 0 Å². The minimum Gasteiger partial charge on any atom is -0.0654 e. The van der Waals surface area contributed by atoms with Crippen molar-refractivity contribution >= 4 is 0 Å². The highest BCUT2D eigenvalue weighted by molar-refractivity contribution is 5.35. The van der Waals surface area contributed by atoms with Gasteiger partial charge in [-0.05, 0) is 48.6 Å². The third-order valence-corrected chi connectivity index (χ3v) is 4.53. The van der Waals surface area contributed by atoms with Gasteiger partial charge in [-0.3, -0.25) is 0 Å². The SMILES string of the molecule is CCCCCC1CCC(CCC)c2ccccc21. The van der Waals surface area contributed by atoms with E-state index in [9.17, 15) is 0 Å². The molecule has 2 rings (SSSR count). The summed E-state index contributed by atoms with van der Waals surface area (Å²) in [5, 5.41) is 0. The second-order valence-corrected chi connectivity index (χ2v) is 5.88. The van der Waals surface area contributed by atoms with Gasteiger partial charge in [0.25, 0.3) is 0 Å². The Kier molecular flexibility index (Phi) is 5.28. The lowest BCUT2D eigenvalue weighted by atomic mass is 9.73. The van der Waals surface area contributed by atoms with E-state index < -0.39 is 0 Å². The fourth-order valence-corrected chi connectivity index (χ4v) is 3.56. The van der Waals surface area contributed by atoms with E-state index in [0.717, 1.165) is 11.8 Å². The summed E-state index contributed by atoms with van der Waals surface area (Å²) in [5.41, 5.74) is 3.35. The van der Waals surface area contributed by atoms with E-state index in [1.807, 2.05) is 0 Å². The molecular formula is C18H28. The fourth-order valence-electron chi connectivity index (χ4n) is 3.56. The van der Waals surface area contributed by atoms with Crippen molar-refractivity contribution in [2.45, 2.75) is 77.0 Å². The zero-order chi connectivity index (χ0) is 12.8. The number of hydrogen-bond acceptors (Lipinski definition) is 0. The number of hydrogen-bond donors (Lipinski definition) is 0. The third kappa shape index (κ3) is 3.16. The molecular weight excluding hydrogens is 216 g/mol. The summed E-state index contributed by atoms with van der Waals surface area (Å²) in [6.07, 6.45) is 11.1. The van der Waals surface area contributed by atoms with Crippen LogP contribution in [-0.4, -0.2) is 0 Å². The maximum atomic E-state index is 2.40. The number of fused-ring (bicyclic) bond motifs is 1. The van der Waals surface area contributed by atoms with Crippen LogP contribution in [0.25, 0.3) is 0 Å². The molecule has 0 amide bonds. The highest BCUT2D eigenvalue weighted by Crippen LogP contribution is 2.42. The molecule has 0 N–H and O–H groups in total. The van der Waals surface area contributed by atoms with Crippen molar-refractivity contribution in [1.82, 2.24) is 0 Å². The highest BCUT2D eigenvalue weighted by Gasteiger charge is 2.25. The van der Waals surface area contributed by atoms with E-state index in [1.165, 1.54) is 51.4 Å². The Balaban J connectivity index is 2.09. The zero-order valence-electron chi connectivity index (χ0n) is 12.1. The van der Waals surface area contributed by atoms with Gasteiger partial charge in [0.1, 0.15) is 0 Å². The van der Waals surface area contributed by atoms with Gasteiger partial charge in [0.2, 0.25) is 0 Å². The Morgan fingerprint density at radius 2 is 1.44 bits per heavy atom. The van der Waals surface area contributed by atoms with Crippen molar-refractivity contribution in [3.05, 3.63) is 35.4 Å². The van der Waals surface area contributed by atoms with Crippen LogP contribution in [0, 0.1) is 0 Å². The van der Waals surface area contributed by atoms with E-state index in [2.05, 4.69) is 38.1 Å². The van der Waals surface area contributed by atoms with Gasteiger partial charge in [-0.25, -0.2) is 0 Å². The second kappa shape index (κ2) is 6.97. The van der Waals surface area contributed by atoms with Gasteiger partial charge < -0.3 is 0 Å². The molecule has 0 bridgehead atoms. The molecule has 0 aliphatic heterocycles. The minimum absolute atomic E-state index is 0.841. The van der Waals surface area contributed by atoms with Crippen LogP contribution in [0.3, 0.4) is 0 Å². The predicted molar refractivity (Wildman–Crippen MR) is 80.2 cm³/mol. The average Bonchev–Trinajstić information content (AvgIpc) is 2.41. The number of benzene rings is 1. The van der Waals surface area contributed by atoms with E-state index in [4.69, 9.17) is 0 Å². The van der Waals surface area contributed by atoms with Crippen LogP contribution in [0.4, 0.5) is 0 Å². The van der Waals surface area contributed by atoms with Crippen LogP contribution in [0.2, 0.25) is 0 Å². The van der Waals surface area contributed by atoms with E-state index in [1.54, 1.807) is 11.1 Å². The van der Waals surface area contributed by atoms with E-state index >= 15 is 0 Å². The van der Waals surface area contributed by atoms with Crippen LogP contribution in [0.1, 0.15) is 88.2 Å². The maximum Gasteiger partial charge on any atom is -0.0159 e. The van der Waals surface area contributed by atoms with Crippen molar-refractivity contribution in [2.24, 2.45) is 0 Å². The smallest absolute Gasteiger partial charge is 0.0159 e. The maximum absolute atomic E-state index is 2.40. The summed E-state index contributed by atoms with van der Waals surface area (Å²) >= 11 is 0. The number of rotatable bonds is 6. The molecule has 0 nitrogen and oxygen atoms in total. The summed E-state index contributed by atoms with van der Waals surface area (Å²) in [6.45, 7) is 4.61. The Morgan fingerprint density at radius 1 is 0.833 bits per heavy atom. The molecule has 1 aliphatic rings. The molecule has 0 heteroatoms. The molecule has 1 aromatic carbocycles. The van der Waals surface area contributed by atoms with Crippen LogP contribution >= 0.6 is 0 Å². The molecule has 0 radical (unpaired) electrons. The molecule has 2 atom stereocenters. The van der Waals surface area contributed by atoms with Crippen molar-refractivity contribution in [2.75, 3.05) is 0 Å². The lowest BCUT2D eigenvalue weighted by Crippen LogP contribution is -2.14. The largest absolute Gasteiger partial charge is 0.0654 e. The molecule has 1 aromatic rings. The third-order valence-electron chi connectivity index (χ3n) is 4.53. The van der Waals surface area contributed by atoms with Crippen molar-refractivity contribution in [1.29, 1.82) is 0 Å². The van der Waals surface area contributed by atoms with Crippen molar-refractivity contribution in [3.8, 4) is 0 Å². The van der Waals surface area contributed by atoms with Gasteiger partial charge in [-0.2, -0.15) is 0 Å². The van der Waals surface area contributed by atoms with Crippen LogP contribution in [0.15, 0.2) is 24.3 Å². The summed E-state index contributed by atoms with van der Waals surface area (Å²) in [6, 6.07) is 9.26. The Morgan fingerprint density at radius 3 is 2.00 bits per heavy atom. The lowest BCUT2D eigenvalue weighted by Gasteiger charge is -2.31. The molecule has 1 aliphatic carbocycles. The van der Waals surface area contributed by atoms with Crippen molar-refractivity contribution < 1.29 is 0 Å². The normalized spacial score (nSPS) is 22.8. The summed E-state index contributed by atoms with van der Waals surface area (Å²) in [7, 11) is 0. The molecule has 0 fully saturated rings. The van der Waals surface area contributed by atoms with Gasteiger partial charge >= 0.3 is 0 Å². The fraction of sp³-hybridized carbons (Fsp3) is 0.667. The molecule has 0 spiro atoms. The van der Waals surface area contributed by atoms with Gasteiger partial charge in [0, 0.05) is 0 Å². The molecule has 0 heterocycles. The first-order valence-corrected chi connectivity index (χ1v) is 7.95. The predicted octanol–water partition coefficient (Wildman–Crippen LogP) is 6.03. The summed E-state index contributed by atoms with van der Waals surface area (Å²) in [4.78, 5) is 0. The Bertz CT molecular complexity index is 353. The van der Waals surface area contributed by atoms with Crippen molar-refractivity contribution in [3.63, 3.8) is 0 Å². The van der Waals surface area contributed by atoms with Crippen LogP contribution in [0.5, 0.6) is 0 Å². The lowest BCUT2D eigenvalue weighted by molar-refractivity contribution is 0.433. The van der Waals surface area contributed by atoms with Crippen LogP contribution < -0.4 is 0 Å². The molecule has 0 aromatic heterocycles. The summed E-state index contributed by atoms with van der Waals surface area (Å²) < 4.78 is 0. The average molecular weight is 244 g/mol. The molecule has 0 saturated heterocycles. The Hall–Kier alpha value is -0.780. The first kappa shape index (κ1) is 13.6. The minimum atomic E-state index is 0.841. The number of unbranched alkanes of at least 4 members (excludes halogenated alkanes) is 2. The monoisotopic (exact) mass is 244 g/mol. The molecule has 0 saturated carbocycles. The first-order valence-electron chi connectivity index (χ1n) is 7.95. The first-order chi connectivity index (χ1) is 8.86. The highest BCUT2D eigenvalue weighted by atomic mass is 14.3. The quantitative estimate of drug-likeness (QED) is 0.536. The van der Waals surface area contributed by atoms with Gasteiger partial charge in [-0.15, -0.1) is 0 Å². The molecule has 100 valence electrons. The zero-order valence-corrected chi connectivity index (χ0v) is 12.1. The van der Waals surface area contributed by atoms with E-state index in [-0.39, 0.29) is 0 Å². The standard InChI is InChI=1S/C18H28/c1-3-5-6-10-16-14-13-15(9-4-2)17-11-7-8-12-18(16)17/h7-8,11-12,15-16H,3-6,9-10,13-14H2,1-2H3. The van der Waals surface area contributed by atoms with E-state index in [0.29, 0.717) is 0 Å². The van der Waals surface area contributed by atoms with Gasteiger partial charge in [-0.1, -0.05) is 63.8 Å². The molecule has 18 heavy (non-hydrogen) atoms. The van der Waals surface area contributed by atoms with Gasteiger partial charge in [0.05, 0.1) is 0 Å². The second-order valence-electron chi connectivity index (χ2n) is 5.88. The Labute approximate surface area is 113 Å². The molecule has 2 unspecified atom stereocenters. The summed E-state index contributed by atoms with van der Waals surface area (Å²) in [5.74, 6) is 1.69.